The van der Waals surface area contributed by atoms with Crippen molar-refractivity contribution in [2.24, 2.45) is 4.99 Å². The number of aromatic nitrogens is 2. The number of phenols is 1. The van der Waals surface area contributed by atoms with Crippen molar-refractivity contribution in [3.8, 4) is 5.75 Å². The molecule has 1 aromatic heterocycles. The van der Waals surface area contributed by atoms with E-state index in [1.807, 2.05) is 18.5 Å². The summed E-state index contributed by atoms with van der Waals surface area (Å²) in [4.78, 5) is 12.0. The fourth-order valence-electron chi connectivity index (χ4n) is 3.67. The third-order valence-electron chi connectivity index (χ3n) is 5.22. The maximum atomic E-state index is 9.42. The Labute approximate surface area is 159 Å². The first kappa shape index (κ1) is 17.9. The Hall–Kier alpha value is -2.54. The van der Waals surface area contributed by atoms with Crippen molar-refractivity contribution in [1.82, 2.24) is 25.1 Å². The molecule has 1 aromatic carbocycles. The van der Waals surface area contributed by atoms with E-state index in [1.165, 1.54) is 18.4 Å². The van der Waals surface area contributed by atoms with Gasteiger partial charge in [-0.05, 0) is 50.8 Å². The molecule has 3 N–H and O–H groups in total. The SMILES string of the molecule is CC(C)n1cnc2c1=NC(N1CCCC1)NC=2NCCc1ccc(O)cc1. The second-order valence-electron chi connectivity index (χ2n) is 7.53. The highest BCUT2D eigenvalue weighted by molar-refractivity contribution is 5.39. The lowest BCUT2D eigenvalue weighted by Crippen LogP contribution is -2.54. The molecule has 1 fully saturated rings. The molecule has 0 saturated carbocycles. The fraction of sp³-hybridized carbons (Fsp3) is 0.500. The van der Waals surface area contributed by atoms with Gasteiger partial charge in [-0.3, -0.25) is 4.90 Å². The quantitative estimate of drug-likeness (QED) is 0.699. The van der Waals surface area contributed by atoms with Gasteiger partial charge in [0.25, 0.3) is 0 Å². The Kier molecular flexibility index (Phi) is 5.03. The van der Waals surface area contributed by atoms with Crippen LogP contribution in [-0.4, -0.2) is 45.5 Å². The number of aromatic hydroxyl groups is 1. The summed E-state index contributed by atoms with van der Waals surface area (Å²) in [6.45, 7) is 7.25. The van der Waals surface area contributed by atoms with E-state index < -0.39 is 0 Å². The first-order valence-corrected chi connectivity index (χ1v) is 9.79. The second-order valence-corrected chi connectivity index (χ2v) is 7.53. The van der Waals surface area contributed by atoms with E-state index in [2.05, 4.69) is 38.9 Å². The fourth-order valence-corrected chi connectivity index (χ4v) is 3.67. The largest absolute Gasteiger partial charge is 0.508 e. The molecule has 1 atom stereocenters. The van der Waals surface area contributed by atoms with Crippen molar-refractivity contribution in [2.75, 3.05) is 19.6 Å². The van der Waals surface area contributed by atoms with E-state index in [1.54, 1.807) is 12.1 Å². The molecule has 0 spiro atoms. The first-order chi connectivity index (χ1) is 13.1. The predicted molar refractivity (Wildman–Crippen MR) is 104 cm³/mol. The van der Waals surface area contributed by atoms with Gasteiger partial charge in [0.15, 0.2) is 11.8 Å². The molecule has 0 radical (unpaired) electrons. The van der Waals surface area contributed by atoms with Crippen LogP contribution in [0.25, 0.3) is 5.82 Å². The molecule has 3 heterocycles. The summed E-state index contributed by atoms with van der Waals surface area (Å²) < 4.78 is 2.14. The van der Waals surface area contributed by atoms with E-state index in [0.29, 0.717) is 11.8 Å². The molecule has 1 saturated heterocycles. The lowest BCUT2D eigenvalue weighted by atomic mass is 10.1. The summed E-state index contributed by atoms with van der Waals surface area (Å²) in [5.41, 5.74) is 2.14. The zero-order chi connectivity index (χ0) is 18.8. The van der Waals surface area contributed by atoms with Crippen LogP contribution in [0.5, 0.6) is 5.75 Å². The van der Waals surface area contributed by atoms with Gasteiger partial charge in [0.1, 0.15) is 16.9 Å². The molecule has 7 heteroatoms. The van der Waals surface area contributed by atoms with Gasteiger partial charge >= 0.3 is 0 Å². The van der Waals surface area contributed by atoms with E-state index in [-0.39, 0.29) is 6.29 Å². The Morgan fingerprint density at radius 3 is 2.67 bits per heavy atom. The minimum Gasteiger partial charge on any atom is -0.508 e. The van der Waals surface area contributed by atoms with Gasteiger partial charge in [0.2, 0.25) is 0 Å². The molecule has 7 nitrogen and oxygen atoms in total. The molecular weight excluding hydrogens is 340 g/mol. The number of likely N-dealkylation sites (tertiary alicyclic amines) is 1. The van der Waals surface area contributed by atoms with Crippen LogP contribution in [0, 0.1) is 0 Å². The van der Waals surface area contributed by atoms with Crippen LogP contribution >= 0.6 is 0 Å². The Morgan fingerprint density at radius 2 is 1.96 bits per heavy atom. The number of nitrogens with one attached hydrogen (secondary N) is 2. The maximum Gasteiger partial charge on any atom is 0.179 e. The summed E-state index contributed by atoms with van der Waals surface area (Å²) in [7, 11) is 0. The summed E-state index contributed by atoms with van der Waals surface area (Å²) >= 11 is 0. The predicted octanol–water partition coefficient (Wildman–Crippen LogP) is 0.670. The van der Waals surface area contributed by atoms with Crippen LogP contribution < -0.4 is 21.5 Å². The van der Waals surface area contributed by atoms with Crippen molar-refractivity contribution in [1.29, 1.82) is 0 Å². The summed E-state index contributed by atoms with van der Waals surface area (Å²) in [5.74, 6) is 1.25. The molecule has 1 unspecified atom stereocenters. The number of fused-ring (bicyclic) bond motifs is 1. The van der Waals surface area contributed by atoms with Gasteiger partial charge < -0.3 is 20.3 Å². The van der Waals surface area contributed by atoms with Gasteiger partial charge in [0, 0.05) is 25.7 Å². The second kappa shape index (κ2) is 7.60. The zero-order valence-electron chi connectivity index (χ0n) is 16.0. The monoisotopic (exact) mass is 368 g/mol. The van der Waals surface area contributed by atoms with E-state index in [0.717, 1.165) is 42.7 Å². The summed E-state index contributed by atoms with van der Waals surface area (Å²) in [6.07, 6.45) is 5.18. The number of hydrogen-bond acceptors (Lipinski definition) is 6. The number of hydrogen-bond donors (Lipinski definition) is 3. The first-order valence-electron chi connectivity index (χ1n) is 9.79. The molecule has 4 rings (SSSR count). The minimum absolute atomic E-state index is 0.0367. The molecular formula is C20H28N6O. The molecule has 2 aliphatic rings. The van der Waals surface area contributed by atoms with Crippen molar-refractivity contribution in [2.45, 2.75) is 45.4 Å². The standard InChI is InChI=1S/C20H28N6O/c1-14(2)26-13-22-17-18(21-10-9-15-5-7-16(27)8-6-15)23-20(24-19(17)26)25-11-3-4-12-25/h5-8,13-14,20-21,23,27H,3-4,9-12H2,1-2H3. The maximum absolute atomic E-state index is 9.42. The molecule has 27 heavy (non-hydrogen) atoms. The number of phenolic OH excluding ortho intramolecular Hbond substituents is 1. The topological polar surface area (TPSA) is 77.7 Å². The molecule has 2 aromatic rings. The highest BCUT2D eigenvalue weighted by Crippen LogP contribution is 2.13. The van der Waals surface area contributed by atoms with Crippen molar-refractivity contribution >= 4 is 5.82 Å². The number of benzene rings is 1. The third-order valence-corrected chi connectivity index (χ3v) is 5.22. The van der Waals surface area contributed by atoms with Gasteiger partial charge in [-0.1, -0.05) is 12.1 Å². The average molecular weight is 368 g/mol. The third kappa shape index (κ3) is 3.78. The van der Waals surface area contributed by atoms with E-state index in [4.69, 9.17) is 4.99 Å². The smallest absolute Gasteiger partial charge is 0.179 e. The molecule has 144 valence electrons. The lowest BCUT2D eigenvalue weighted by Gasteiger charge is -2.29. The highest BCUT2D eigenvalue weighted by Gasteiger charge is 2.25. The normalized spacial score (nSPS) is 19.7. The minimum atomic E-state index is -0.0367. The van der Waals surface area contributed by atoms with E-state index in [9.17, 15) is 5.11 Å². The van der Waals surface area contributed by atoms with Crippen LogP contribution in [0.2, 0.25) is 0 Å². The average Bonchev–Trinajstić information content (AvgIpc) is 3.33. The van der Waals surface area contributed by atoms with Crippen LogP contribution in [-0.2, 0) is 6.42 Å². The Bertz CT molecular complexity index is 896. The summed E-state index contributed by atoms with van der Waals surface area (Å²) in [5, 5.41) is 17.4. The van der Waals surface area contributed by atoms with Crippen molar-refractivity contribution in [3.05, 3.63) is 47.0 Å². The van der Waals surface area contributed by atoms with Gasteiger partial charge in [0.05, 0.1) is 6.33 Å². The van der Waals surface area contributed by atoms with Gasteiger partial charge in [-0.15, -0.1) is 0 Å². The zero-order valence-corrected chi connectivity index (χ0v) is 16.0. The van der Waals surface area contributed by atoms with Crippen molar-refractivity contribution < 1.29 is 5.11 Å². The van der Waals surface area contributed by atoms with Crippen molar-refractivity contribution in [3.63, 3.8) is 0 Å². The number of rotatable bonds is 6. The van der Waals surface area contributed by atoms with Crippen LogP contribution in [0.1, 0.15) is 38.3 Å². The van der Waals surface area contributed by atoms with Crippen LogP contribution in [0.4, 0.5) is 0 Å². The highest BCUT2D eigenvalue weighted by atomic mass is 16.3. The lowest BCUT2D eigenvalue weighted by molar-refractivity contribution is 0.219. The Balaban J connectivity index is 1.56. The Morgan fingerprint density at radius 1 is 1.22 bits per heavy atom. The molecule has 0 amide bonds. The van der Waals surface area contributed by atoms with Crippen LogP contribution in [0.15, 0.2) is 35.6 Å². The summed E-state index contributed by atoms with van der Waals surface area (Å²) in [6, 6.07) is 7.69. The van der Waals surface area contributed by atoms with E-state index >= 15 is 0 Å². The molecule has 0 aliphatic carbocycles. The molecule has 2 aliphatic heterocycles. The van der Waals surface area contributed by atoms with Crippen LogP contribution in [0.3, 0.4) is 0 Å². The molecule has 0 bridgehead atoms. The van der Waals surface area contributed by atoms with Gasteiger partial charge in [-0.2, -0.15) is 0 Å². The number of imidazole rings is 1. The number of nitrogens with zero attached hydrogens (tertiary/aromatic N) is 4. The van der Waals surface area contributed by atoms with Gasteiger partial charge in [-0.25, -0.2) is 9.98 Å².